The van der Waals surface area contributed by atoms with E-state index in [0.29, 0.717) is 0 Å². The van der Waals surface area contributed by atoms with E-state index in [1.165, 1.54) is 69.5 Å². The number of hydrogen-bond donors (Lipinski definition) is 0. The van der Waals surface area contributed by atoms with Gasteiger partial charge in [0.1, 0.15) is 5.75 Å². The Morgan fingerprint density at radius 2 is 0.944 bits per heavy atom. The van der Waals surface area contributed by atoms with Crippen LogP contribution in [0.4, 0.5) is 0 Å². The van der Waals surface area contributed by atoms with Crippen LogP contribution in [0, 0.1) is 6.92 Å². The van der Waals surface area contributed by atoms with Crippen molar-refractivity contribution in [3.05, 3.63) is 115 Å². The Kier molecular flexibility index (Phi) is 4.83. The van der Waals surface area contributed by atoms with E-state index < -0.39 is 0 Å². The van der Waals surface area contributed by atoms with Crippen molar-refractivity contribution in [1.82, 2.24) is 0 Å². The van der Waals surface area contributed by atoms with Crippen molar-refractivity contribution in [2.24, 2.45) is 0 Å². The van der Waals surface area contributed by atoms with Crippen LogP contribution in [-0.2, 0) is 0 Å². The van der Waals surface area contributed by atoms with Crippen LogP contribution in [0.5, 0.6) is 5.75 Å². The van der Waals surface area contributed by atoms with Crippen molar-refractivity contribution < 1.29 is 4.74 Å². The zero-order chi connectivity index (χ0) is 24.2. The number of ether oxygens (including phenoxy) is 1. The standard InChI is InChI=1S/C34H24OS/c1-21-11-13-22(14-12-21)29-19-31-32-20-30(23-15-17-24(35-2)18-16-23)26-8-4-6-10-28(26)34(32)36-33(31)27-9-5-3-7-25(27)29/h3-20H,1-2H3. The molecule has 0 aliphatic heterocycles. The molecule has 7 aromatic rings. The summed E-state index contributed by atoms with van der Waals surface area (Å²) in [5.41, 5.74) is 6.28. The number of fused-ring (bicyclic) bond motifs is 7. The Labute approximate surface area is 214 Å². The quantitative estimate of drug-likeness (QED) is 0.244. The van der Waals surface area contributed by atoms with E-state index in [1.54, 1.807) is 7.11 Å². The summed E-state index contributed by atoms with van der Waals surface area (Å²) in [4.78, 5) is 0. The van der Waals surface area contributed by atoms with Crippen LogP contribution >= 0.6 is 11.3 Å². The SMILES string of the molecule is COc1ccc(-c2cc3c4cc(-c5ccc(C)cc5)c5ccccc5c4sc3c3ccccc23)cc1. The average molecular weight is 481 g/mol. The highest BCUT2D eigenvalue weighted by atomic mass is 32.1. The number of aryl methyl sites for hydroxylation is 1. The maximum absolute atomic E-state index is 5.41. The molecule has 1 nitrogen and oxygen atoms in total. The maximum Gasteiger partial charge on any atom is 0.118 e. The molecule has 0 spiro atoms. The molecule has 0 aliphatic rings. The Morgan fingerprint density at radius 1 is 0.500 bits per heavy atom. The second kappa shape index (κ2) is 8.22. The summed E-state index contributed by atoms with van der Waals surface area (Å²) >= 11 is 1.92. The highest BCUT2D eigenvalue weighted by molar-refractivity contribution is 7.27. The molecule has 36 heavy (non-hydrogen) atoms. The molecule has 1 heterocycles. The molecular weight excluding hydrogens is 456 g/mol. The van der Waals surface area contributed by atoms with Crippen molar-refractivity contribution in [1.29, 1.82) is 0 Å². The molecule has 0 atom stereocenters. The summed E-state index contributed by atoms with van der Waals surface area (Å²) < 4.78 is 8.12. The normalized spacial score (nSPS) is 11.6. The first kappa shape index (κ1) is 21.2. The molecule has 172 valence electrons. The van der Waals surface area contributed by atoms with Crippen molar-refractivity contribution in [2.45, 2.75) is 6.92 Å². The lowest BCUT2D eigenvalue weighted by molar-refractivity contribution is 0.415. The Balaban J connectivity index is 1.61. The fourth-order valence-corrected chi connectivity index (χ4v) is 6.74. The third-order valence-corrected chi connectivity index (χ3v) is 8.54. The average Bonchev–Trinajstić information content (AvgIpc) is 3.32. The van der Waals surface area contributed by atoms with Crippen molar-refractivity contribution in [3.8, 4) is 28.0 Å². The van der Waals surface area contributed by atoms with Gasteiger partial charge in [-0.05, 0) is 64.2 Å². The third kappa shape index (κ3) is 3.22. The second-order valence-corrected chi connectivity index (χ2v) is 10.4. The molecule has 0 amide bonds. The summed E-state index contributed by atoms with van der Waals surface area (Å²) in [6, 6.07) is 39.8. The van der Waals surface area contributed by atoms with Gasteiger partial charge in [-0.15, -0.1) is 11.3 Å². The van der Waals surface area contributed by atoms with E-state index in [-0.39, 0.29) is 0 Å². The smallest absolute Gasteiger partial charge is 0.118 e. The molecular formula is C34H24OS. The molecule has 2 heteroatoms. The van der Waals surface area contributed by atoms with Crippen molar-refractivity contribution in [2.75, 3.05) is 7.11 Å². The molecule has 0 radical (unpaired) electrons. The molecule has 0 bridgehead atoms. The summed E-state index contributed by atoms with van der Waals surface area (Å²) in [6.07, 6.45) is 0. The molecule has 0 saturated carbocycles. The molecule has 7 rings (SSSR count). The number of rotatable bonds is 3. The lowest BCUT2D eigenvalue weighted by Crippen LogP contribution is -1.85. The van der Waals surface area contributed by atoms with Crippen molar-refractivity contribution in [3.63, 3.8) is 0 Å². The predicted octanol–water partition coefficient (Wildman–Crippen LogP) is 10.0. The fourth-order valence-electron chi connectivity index (χ4n) is 5.40. The lowest BCUT2D eigenvalue weighted by atomic mass is 9.92. The first-order valence-corrected chi connectivity index (χ1v) is 13.0. The molecule has 0 unspecified atom stereocenters. The van der Waals surface area contributed by atoms with E-state index in [9.17, 15) is 0 Å². The number of hydrogen-bond acceptors (Lipinski definition) is 2. The van der Waals surface area contributed by atoms with Gasteiger partial charge in [-0.1, -0.05) is 90.5 Å². The van der Waals surface area contributed by atoms with Gasteiger partial charge < -0.3 is 4.74 Å². The van der Waals surface area contributed by atoms with Gasteiger partial charge in [-0.2, -0.15) is 0 Å². The number of benzene rings is 6. The minimum absolute atomic E-state index is 0.874. The monoisotopic (exact) mass is 480 g/mol. The number of methoxy groups -OCH3 is 1. The summed E-state index contributed by atoms with van der Waals surface area (Å²) in [5, 5.41) is 7.86. The van der Waals surface area contributed by atoms with Crippen molar-refractivity contribution >= 4 is 53.1 Å². The van der Waals surface area contributed by atoms with Crippen LogP contribution in [-0.4, -0.2) is 7.11 Å². The topological polar surface area (TPSA) is 9.23 Å². The molecule has 1 aromatic heterocycles. The van der Waals surface area contributed by atoms with Gasteiger partial charge in [0.2, 0.25) is 0 Å². The minimum atomic E-state index is 0.874. The molecule has 0 aliphatic carbocycles. The zero-order valence-corrected chi connectivity index (χ0v) is 21.0. The second-order valence-electron chi connectivity index (χ2n) is 9.39. The highest BCUT2D eigenvalue weighted by Crippen LogP contribution is 2.47. The summed E-state index contributed by atoms with van der Waals surface area (Å²) in [5.74, 6) is 0.874. The largest absolute Gasteiger partial charge is 0.497 e. The van der Waals surface area contributed by atoms with Gasteiger partial charge in [0.05, 0.1) is 7.11 Å². The third-order valence-electron chi connectivity index (χ3n) is 7.25. The van der Waals surface area contributed by atoms with Crippen LogP contribution in [0.15, 0.2) is 109 Å². The highest BCUT2D eigenvalue weighted by Gasteiger charge is 2.17. The first-order chi connectivity index (χ1) is 17.7. The lowest BCUT2D eigenvalue weighted by Gasteiger charge is -2.11. The van der Waals surface area contributed by atoms with Gasteiger partial charge in [-0.3, -0.25) is 0 Å². The first-order valence-electron chi connectivity index (χ1n) is 12.2. The zero-order valence-electron chi connectivity index (χ0n) is 20.2. The molecule has 0 N–H and O–H groups in total. The van der Waals surface area contributed by atoms with Crippen LogP contribution < -0.4 is 4.74 Å². The van der Waals surface area contributed by atoms with Gasteiger partial charge in [-0.25, -0.2) is 0 Å². The summed E-state index contributed by atoms with van der Waals surface area (Å²) in [6.45, 7) is 2.14. The van der Waals surface area contributed by atoms with E-state index >= 15 is 0 Å². The minimum Gasteiger partial charge on any atom is -0.497 e. The Hall–Kier alpha value is -4.14. The molecule has 0 fully saturated rings. The van der Waals surface area contributed by atoms with Gasteiger partial charge in [0.25, 0.3) is 0 Å². The fraction of sp³-hybridized carbons (Fsp3) is 0.0588. The Bertz CT molecular complexity index is 1910. The van der Waals surface area contributed by atoms with E-state index in [2.05, 4.69) is 104 Å². The van der Waals surface area contributed by atoms with E-state index in [1.807, 2.05) is 23.5 Å². The predicted molar refractivity (Wildman–Crippen MR) is 157 cm³/mol. The maximum atomic E-state index is 5.41. The Morgan fingerprint density at radius 3 is 1.42 bits per heavy atom. The van der Waals surface area contributed by atoms with Gasteiger partial charge in [0, 0.05) is 30.9 Å². The molecule has 0 saturated heterocycles. The van der Waals surface area contributed by atoms with E-state index in [4.69, 9.17) is 4.74 Å². The van der Waals surface area contributed by atoms with E-state index in [0.717, 1.165) is 5.75 Å². The van der Waals surface area contributed by atoms with Crippen LogP contribution in [0.2, 0.25) is 0 Å². The number of thiophene rings is 1. The van der Waals surface area contributed by atoms with Crippen LogP contribution in [0.1, 0.15) is 5.56 Å². The van der Waals surface area contributed by atoms with Crippen LogP contribution in [0.25, 0.3) is 64.0 Å². The summed E-state index contributed by atoms with van der Waals surface area (Å²) in [7, 11) is 1.71. The molecule has 6 aromatic carbocycles. The van der Waals surface area contributed by atoms with Gasteiger partial charge >= 0.3 is 0 Å². The van der Waals surface area contributed by atoms with Crippen LogP contribution in [0.3, 0.4) is 0 Å². The van der Waals surface area contributed by atoms with Gasteiger partial charge in [0.15, 0.2) is 0 Å².